The first-order valence-electron chi connectivity index (χ1n) is 4.40. The molecule has 0 fully saturated rings. The lowest BCUT2D eigenvalue weighted by Gasteiger charge is -2.06. The standard InChI is InChI=1S/C9H12FNO3S/c10-8-2-4-9(5-3-8)11-15(13,14)7-1-6-12/h2-5,11-12H,1,6-7H2. The van der Waals surface area contributed by atoms with Crippen LogP contribution in [0, 0.1) is 5.82 Å². The summed E-state index contributed by atoms with van der Waals surface area (Å²) >= 11 is 0. The fraction of sp³-hybridized carbons (Fsp3) is 0.333. The second kappa shape index (κ2) is 5.09. The van der Waals surface area contributed by atoms with Crippen LogP contribution in [0.15, 0.2) is 24.3 Å². The normalized spacial score (nSPS) is 11.3. The SMILES string of the molecule is O=S(=O)(CCCO)Nc1ccc(F)cc1. The van der Waals surface area contributed by atoms with E-state index in [1.807, 2.05) is 0 Å². The summed E-state index contributed by atoms with van der Waals surface area (Å²) < 4.78 is 37.4. The summed E-state index contributed by atoms with van der Waals surface area (Å²) in [6.45, 7) is -0.176. The second-order valence-corrected chi connectivity index (χ2v) is 4.85. The number of aliphatic hydroxyl groups excluding tert-OH is 1. The number of rotatable bonds is 5. The lowest BCUT2D eigenvalue weighted by Crippen LogP contribution is -2.17. The fourth-order valence-electron chi connectivity index (χ4n) is 1.00. The van der Waals surface area contributed by atoms with Crippen LogP contribution in [0.2, 0.25) is 0 Å². The number of anilines is 1. The molecule has 15 heavy (non-hydrogen) atoms. The van der Waals surface area contributed by atoms with Gasteiger partial charge in [0.25, 0.3) is 0 Å². The van der Waals surface area contributed by atoms with E-state index in [4.69, 9.17) is 5.11 Å². The highest BCUT2D eigenvalue weighted by Crippen LogP contribution is 2.10. The van der Waals surface area contributed by atoms with Crippen LogP contribution in [0.1, 0.15) is 6.42 Å². The Morgan fingerprint density at radius 1 is 1.27 bits per heavy atom. The Balaban J connectivity index is 2.65. The molecule has 0 aliphatic heterocycles. The van der Waals surface area contributed by atoms with Crippen LogP contribution in [-0.4, -0.2) is 25.9 Å². The van der Waals surface area contributed by atoms with E-state index >= 15 is 0 Å². The van der Waals surface area contributed by atoms with E-state index in [1.54, 1.807) is 0 Å². The van der Waals surface area contributed by atoms with Gasteiger partial charge in [-0.05, 0) is 30.7 Å². The minimum atomic E-state index is -3.44. The van der Waals surface area contributed by atoms with Gasteiger partial charge in [-0.25, -0.2) is 12.8 Å². The fourth-order valence-corrected chi connectivity index (χ4v) is 2.11. The molecule has 1 aromatic carbocycles. The summed E-state index contributed by atoms with van der Waals surface area (Å²) in [5.41, 5.74) is 0.314. The molecule has 0 spiro atoms. The molecule has 1 aromatic rings. The predicted octanol–water partition coefficient (Wildman–Crippen LogP) is 0.950. The van der Waals surface area contributed by atoms with E-state index in [-0.39, 0.29) is 18.8 Å². The molecule has 0 amide bonds. The van der Waals surface area contributed by atoms with Crippen LogP contribution in [0.25, 0.3) is 0 Å². The van der Waals surface area contributed by atoms with Gasteiger partial charge in [0.1, 0.15) is 5.82 Å². The maximum atomic E-state index is 12.5. The van der Waals surface area contributed by atoms with Gasteiger partial charge in [-0.1, -0.05) is 0 Å². The van der Waals surface area contributed by atoms with E-state index in [1.165, 1.54) is 24.3 Å². The van der Waals surface area contributed by atoms with Crippen molar-refractivity contribution in [1.82, 2.24) is 0 Å². The molecule has 0 atom stereocenters. The zero-order chi connectivity index (χ0) is 11.3. The van der Waals surface area contributed by atoms with Gasteiger partial charge in [-0.3, -0.25) is 4.72 Å². The zero-order valence-electron chi connectivity index (χ0n) is 7.98. The zero-order valence-corrected chi connectivity index (χ0v) is 8.80. The Bertz CT molecular complexity index is 402. The van der Waals surface area contributed by atoms with Crippen LogP contribution in [0.3, 0.4) is 0 Å². The van der Waals surface area contributed by atoms with Crippen LogP contribution in [0.5, 0.6) is 0 Å². The van der Waals surface area contributed by atoms with E-state index < -0.39 is 15.8 Å². The van der Waals surface area contributed by atoms with Crippen LogP contribution in [0.4, 0.5) is 10.1 Å². The van der Waals surface area contributed by atoms with Crippen molar-refractivity contribution >= 4 is 15.7 Å². The Labute approximate surface area is 87.8 Å². The van der Waals surface area contributed by atoms with Gasteiger partial charge < -0.3 is 5.11 Å². The number of benzene rings is 1. The first-order valence-corrected chi connectivity index (χ1v) is 6.05. The van der Waals surface area contributed by atoms with Crippen molar-refractivity contribution in [2.24, 2.45) is 0 Å². The predicted molar refractivity (Wildman–Crippen MR) is 55.5 cm³/mol. The Morgan fingerprint density at radius 2 is 1.87 bits per heavy atom. The van der Waals surface area contributed by atoms with Crippen LogP contribution < -0.4 is 4.72 Å². The topological polar surface area (TPSA) is 66.4 Å². The van der Waals surface area contributed by atoms with Crippen LogP contribution >= 0.6 is 0 Å². The molecule has 0 saturated heterocycles. The summed E-state index contributed by atoms with van der Waals surface area (Å²) in [6.07, 6.45) is 0.177. The second-order valence-electron chi connectivity index (χ2n) is 3.00. The van der Waals surface area contributed by atoms with Gasteiger partial charge in [0.15, 0.2) is 0 Å². The lowest BCUT2D eigenvalue weighted by molar-refractivity contribution is 0.295. The van der Waals surface area contributed by atoms with Crippen molar-refractivity contribution in [2.45, 2.75) is 6.42 Å². The third-order valence-corrected chi connectivity index (χ3v) is 3.06. The quantitative estimate of drug-likeness (QED) is 0.795. The minimum Gasteiger partial charge on any atom is -0.396 e. The van der Waals surface area contributed by atoms with Gasteiger partial charge >= 0.3 is 0 Å². The van der Waals surface area contributed by atoms with Gasteiger partial charge in [-0.2, -0.15) is 0 Å². The average Bonchev–Trinajstić information content (AvgIpc) is 2.18. The molecule has 1 rings (SSSR count). The first-order chi connectivity index (χ1) is 7.03. The van der Waals surface area contributed by atoms with Crippen LogP contribution in [-0.2, 0) is 10.0 Å². The van der Waals surface area contributed by atoms with Crippen molar-refractivity contribution in [3.05, 3.63) is 30.1 Å². The average molecular weight is 233 g/mol. The smallest absolute Gasteiger partial charge is 0.232 e. The minimum absolute atomic E-state index is 0.152. The number of hydrogen-bond acceptors (Lipinski definition) is 3. The van der Waals surface area contributed by atoms with Crippen molar-refractivity contribution in [1.29, 1.82) is 0 Å². The van der Waals surface area contributed by atoms with E-state index in [0.717, 1.165) is 0 Å². The molecule has 0 aliphatic carbocycles. The molecule has 6 heteroatoms. The number of nitrogens with one attached hydrogen (secondary N) is 1. The Morgan fingerprint density at radius 3 is 2.40 bits per heavy atom. The van der Waals surface area contributed by atoms with Crippen molar-refractivity contribution in [2.75, 3.05) is 17.1 Å². The third kappa shape index (κ3) is 4.26. The Hall–Kier alpha value is -1.14. The lowest BCUT2D eigenvalue weighted by atomic mass is 10.3. The van der Waals surface area contributed by atoms with Crippen molar-refractivity contribution < 1.29 is 17.9 Å². The van der Waals surface area contributed by atoms with Gasteiger partial charge in [0, 0.05) is 12.3 Å². The maximum absolute atomic E-state index is 12.5. The Kier molecular flexibility index (Phi) is 4.05. The van der Waals surface area contributed by atoms with E-state index in [9.17, 15) is 12.8 Å². The molecule has 0 heterocycles. The molecular weight excluding hydrogens is 221 g/mol. The van der Waals surface area contributed by atoms with Gasteiger partial charge in [-0.15, -0.1) is 0 Å². The number of aliphatic hydroxyl groups is 1. The summed E-state index contributed by atoms with van der Waals surface area (Å²) in [7, 11) is -3.44. The monoisotopic (exact) mass is 233 g/mol. The van der Waals surface area contributed by atoms with E-state index in [2.05, 4.69) is 4.72 Å². The number of halogens is 1. The van der Waals surface area contributed by atoms with Gasteiger partial charge in [0.2, 0.25) is 10.0 Å². The molecule has 84 valence electrons. The molecule has 2 N–H and O–H groups in total. The highest BCUT2D eigenvalue weighted by molar-refractivity contribution is 7.92. The molecular formula is C9H12FNO3S. The molecule has 4 nitrogen and oxygen atoms in total. The molecule has 0 radical (unpaired) electrons. The van der Waals surface area contributed by atoms with E-state index in [0.29, 0.717) is 5.69 Å². The summed E-state index contributed by atoms with van der Waals surface area (Å²) in [4.78, 5) is 0. The molecule has 0 unspecified atom stereocenters. The molecule has 0 bridgehead atoms. The maximum Gasteiger partial charge on any atom is 0.232 e. The summed E-state index contributed by atoms with van der Waals surface area (Å²) in [5.74, 6) is -0.575. The molecule has 0 aliphatic rings. The largest absolute Gasteiger partial charge is 0.396 e. The van der Waals surface area contributed by atoms with Crippen molar-refractivity contribution in [3.63, 3.8) is 0 Å². The number of sulfonamides is 1. The highest BCUT2D eigenvalue weighted by atomic mass is 32.2. The van der Waals surface area contributed by atoms with Crippen molar-refractivity contribution in [3.8, 4) is 0 Å². The molecule has 0 saturated carbocycles. The highest BCUT2D eigenvalue weighted by Gasteiger charge is 2.09. The first kappa shape index (κ1) is 11.9. The van der Waals surface area contributed by atoms with Gasteiger partial charge in [0.05, 0.1) is 5.75 Å². The number of hydrogen-bond donors (Lipinski definition) is 2. The molecule has 0 aromatic heterocycles. The summed E-state index contributed by atoms with van der Waals surface area (Å²) in [6, 6.07) is 5.02. The third-order valence-electron chi connectivity index (χ3n) is 1.69. The summed E-state index contributed by atoms with van der Waals surface area (Å²) in [5, 5.41) is 8.49.